The van der Waals surface area contributed by atoms with Crippen molar-refractivity contribution in [1.82, 2.24) is 0 Å². The van der Waals surface area contributed by atoms with Gasteiger partial charge in [-0.3, -0.25) is 0 Å². The molecule has 0 saturated carbocycles. The molecule has 3 nitrogen and oxygen atoms in total. The maximum Gasteiger partial charge on any atom is 0.206 e. The molecule has 0 aliphatic heterocycles. The summed E-state index contributed by atoms with van der Waals surface area (Å²) in [7, 11) is 2.72. The van der Waals surface area contributed by atoms with Gasteiger partial charge < -0.3 is 14.6 Å². The molecule has 1 aromatic carbocycles. The quantitative estimate of drug-likeness (QED) is 0.774. The Labute approximate surface area is 75.7 Å². The molecule has 4 heteroatoms. The molecule has 0 aliphatic rings. The van der Waals surface area contributed by atoms with Crippen molar-refractivity contribution in [3.05, 3.63) is 23.5 Å². The maximum atomic E-state index is 13.3. The standard InChI is InChI=1S/C9H11FO3/c1-12-7-3-6(5-11)4-8(13-2)9(7)10/h3-4,11H,5H2,1-2H3. The molecule has 0 spiro atoms. The second kappa shape index (κ2) is 4.09. The zero-order valence-electron chi connectivity index (χ0n) is 7.50. The summed E-state index contributed by atoms with van der Waals surface area (Å²) < 4.78 is 22.8. The normalized spacial score (nSPS) is 9.85. The fourth-order valence-electron chi connectivity index (χ4n) is 1.01. The minimum Gasteiger partial charge on any atom is -0.494 e. The minimum atomic E-state index is -0.554. The third-order valence-corrected chi connectivity index (χ3v) is 1.69. The molecular weight excluding hydrogens is 175 g/mol. The summed E-state index contributed by atoms with van der Waals surface area (Å²) in [6, 6.07) is 2.86. The lowest BCUT2D eigenvalue weighted by atomic mass is 10.2. The molecule has 1 N–H and O–H groups in total. The van der Waals surface area contributed by atoms with Crippen LogP contribution >= 0.6 is 0 Å². The van der Waals surface area contributed by atoms with Crippen LogP contribution in [0.1, 0.15) is 5.56 Å². The van der Waals surface area contributed by atoms with Gasteiger partial charge in [0, 0.05) is 0 Å². The number of aliphatic hydroxyl groups is 1. The average Bonchev–Trinajstić information content (AvgIpc) is 2.18. The third kappa shape index (κ3) is 1.89. The van der Waals surface area contributed by atoms with Crippen LogP contribution in [0.5, 0.6) is 11.5 Å². The first kappa shape index (κ1) is 9.80. The van der Waals surface area contributed by atoms with Crippen LogP contribution in [0, 0.1) is 5.82 Å². The van der Waals surface area contributed by atoms with E-state index in [1.54, 1.807) is 0 Å². The Bertz CT molecular complexity index is 274. The number of hydrogen-bond acceptors (Lipinski definition) is 3. The van der Waals surface area contributed by atoms with Gasteiger partial charge in [-0.15, -0.1) is 0 Å². The SMILES string of the molecule is COc1cc(CO)cc(OC)c1F. The van der Waals surface area contributed by atoms with Crippen LogP contribution in [0.25, 0.3) is 0 Å². The van der Waals surface area contributed by atoms with Crippen molar-refractivity contribution in [3.63, 3.8) is 0 Å². The summed E-state index contributed by atoms with van der Waals surface area (Å²) in [6.45, 7) is -0.174. The van der Waals surface area contributed by atoms with Gasteiger partial charge in [0.2, 0.25) is 5.82 Å². The van der Waals surface area contributed by atoms with Gasteiger partial charge in [-0.2, -0.15) is 4.39 Å². The van der Waals surface area contributed by atoms with E-state index in [0.717, 1.165) is 0 Å². The number of aliphatic hydroxyl groups excluding tert-OH is 1. The zero-order chi connectivity index (χ0) is 9.84. The molecule has 1 aromatic rings. The van der Waals surface area contributed by atoms with Crippen molar-refractivity contribution < 1.29 is 19.0 Å². The van der Waals surface area contributed by atoms with E-state index in [2.05, 4.69) is 0 Å². The molecule has 0 unspecified atom stereocenters. The van der Waals surface area contributed by atoms with E-state index in [-0.39, 0.29) is 18.1 Å². The minimum absolute atomic E-state index is 0.0726. The highest BCUT2D eigenvalue weighted by atomic mass is 19.1. The third-order valence-electron chi connectivity index (χ3n) is 1.69. The van der Waals surface area contributed by atoms with Crippen molar-refractivity contribution in [2.45, 2.75) is 6.61 Å². The van der Waals surface area contributed by atoms with Crippen LogP contribution in [0.2, 0.25) is 0 Å². The van der Waals surface area contributed by atoms with Gasteiger partial charge in [0.25, 0.3) is 0 Å². The molecule has 0 bridgehead atoms. The van der Waals surface area contributed by atoms with Crippen LogP contribution in [-0.2, 0) is 6.61 Å². The molecule has 0 saturated heterocycles. The van der Waals surface area contributed by atoms with Gasteiger partial charge in [-0.05, 0) is 17.7 Å². The van der Waals surface area contributed by atoms with E-state index in [4.69, 9.17) is 14.6 Å². The fraction of sp³-hybridized carbons (Fsp3) is 0.333. The second-order valence-corrected chi connectivity index (χ2v) is 2.47. The van der Waals surface area contributed by atoms with Gasteiger partial charge in [0.05, 0.1) is 20.8 Å². The lowest BCUT2D eigenvalue weighted by Gasteiger charge is -2.08. The highest BCUT2D eigenvalue weighted by molar-refractivity contribution is 5.40. The summed E-state index contributed by atoms with van der Waals surface area (Å²) in [4.78, 5) is 0. The Balaban J connectivity index is 3.20. The van der Waals surface area contributed by atoms with Crippen molar-refractivity contribution in [1.29, 1.82) is 0 Å². The van der Waals surface area contributed by atoms with E-state index >= 15 is 0 Å². The largest absolute Gasteiger partial charge is 0.494 e. The molecule has 0 heterocycles. The first-order chi connectivity index (χ1) is 6.22. The molecule has 1 rings (SSSR count). The molecular formula is C9H11FO3. The number of hydrogen-bond donors (Lipinski definition) is 1. The highest BCUT2D eigenvalue weighted by Crippen LogP contribution is 2.28. The predicted octanol–water partition coefficient (Wildman–Crippen LogP) is 1.34. The molecule has 72 valence electrons. The van der Waals surface area contributed by atoms with E-state index in [1.807, 2.05) is 0 Å². The smallest absolute Gasteiger partial charge is 0.206 e. The van der Waals surface area contributed by atoms with E-state index < -0.39 is 5.82 Å². The summed E-state index contributed by atoms with van der Waals surface area (Å²) in [5, 5.41) is 8.83. The van der Waals surface area contributed by atoms with Crippen LogP contribution in [0.4, 0.5) is 4.39 Å². The van der Waals surface area contributed by atoms with Crippen molar-refractivity contribution >= 4 is 0 Å². The van der Waals surface area contributed by atoms with Crippen molar-refractivity contribution in [2.75, 3.05) is 14.2 Å². The molecule has 0 aromatic heterocycles. The maximum absolute atomic E-state index is 13.3. The van der Waals surface area contributed by atoms with Gasteiger partial charge in [-0.25, -0.2) is 0 Å². The molecule has 0 radical (unpaired) electrons. The van der Waals surface area contributed by atoms with Crippen molar-refractivity contribution in [2.24, 2.45) is 0 Å². The van der Waals surface area contributed by atoms with Crippen LogP contribution < -0.4 is 9.47 Å². The second-order valence-electron chi connectivity index (χ2n) is 2.47. The van der Waals surface area contributed by atoms with E-state index in [0.29, 0.717) is 5.56 Å². The summed E-state index contributed by atoms with van der Waals surface area (Å²) in [5.74, 6) is -0.408. The van der Waals surface area contributed by atoms with E-state index in [1.165, 1.54) is 26.4 Å². The van der Waals surface area contributed by atoms with Crippen LogP contribution in [0.3, 0.4) is 0 Å². The Hall–Kier alpha value is -1.29. The Morgan fingerprint density at radius 1 is 1.23 bits per heavy atom. The van der Waals surface area contributed by atoms with Gasteiger partial charge in [0.15, 0.2) is 11.5 Å². The van der Waals surface area contributed by atoms with Gasteiger partial charge in [0.1, 0.15) is 0 Å². The number of halogens is 1. The monoisotopic (exact) mass is 186 g/mol. The average molecular weight is 186 g/mol. The summed E-state index contributed by atoms with van der Waals surface area (Å²) in [5.41, 5.74) is 0.551. The number of benzene rings is 1. The molecule has 0 atom stereocenters. The Morgan fingerprint density at radius 3 is 2.00 bits per heavy atom. The first-order valence-electron chi connectivity index (χ1n) is 3.74. The molecule has 0 aliphatic carbocycles. The lowest BCUT2D eigenvalue weighted by Crippen LogP contribution is -1.96. The Morgan fingerprint density at radius 2 is 1.69 bits per heavy atom. The topological polar surface area (TPSA) is 38.7 Å². The predicted molar refractivity (Wildman–Crippen MR) is 45.4 cm³/mol. The number of rotatable bonds is 3. The molecule has 0 amide bonds. The molecule has 0 fully saturated rings. The Kier molecular flexibility index (Phi) is 3.08. The summed E-state index contributed by atoms with van der Waals surface area (Å²) >= 11 is 0. The fourth-order valence-corrected chi connectivity index (χ4v) is 1.01. The highest BCUT2D eigenvalue weighted by Gasteiger charge is 2.10. The van der Waals surface area contributed by atoms with Crippen LogP contribution in [0.15, 0.2) is 12.1 Å². The van der Waals surface area contributed by atoms with E-state index in [9.17, 15) is 4.39 Å². The van der Waals surface area contributed by atoms with Gasteiger partial charge >= 0.3 is 0 Å². The molecule has 13 heavy (non-hydrogen) atoms. The number of methoxy groups -OCH3 is 2. The van der Waals surface area contributed by atoms with Crippen molar-refractivity contribution in [3.8, 4) is 11.5 Å². The van der Waals surface area contributed by atoms with Gasteiger partial charge in [-0.1, -0.05) is 0 Å². The number of ether oxygens (including phenoxy) is 2. The zero-order valence-corrected chi connectivity index (χ0v) is 7.50. The van der Waals surface area contributed by atoms with Crippen LogP contribution in [-0.4, -0.2) is 19.3 Å². The first-order valence-corrected chi connectivity index (χ1v) is 3.74. The summed E-state index contributed by atoms with van der Waals surface area (Å²) in [6.07, 6.45) is 0. The lowest BCUT2D eigenvalue weighted by molar-refractivity contribution is 0.278.